The monoisotopic (exact) mass is 367 g/mol. The van der Waals surface area contributed by atoms with Gasteiger partial charge in [0, 0.05) is 11.4 Å². The SMILES string of the molecule is Cc1nc2c3ccccc3nc(SCC(=O)NC(C3CC3)C3CC3)n2n1. The lowest BCUT2D eigenvalue weighted by molar-refractivity contribution is -0.119. The molecule has 2 aliphatic rings. The second-order valence-corrected chi connectivity index (χ2v) is 8.31. The van der Waals surface area contributed by atoms with Gasteiger partial charge in [-0.25, -0.2) is 9.97 Å². The zero-order chi connectivity index (χ0) is 17.7. The van der Waals surface area contributed by atoms with Crippen molar-refractivity contribution in [1.29, 1.82) is 0 Å². The molecule has 1 aromatic carbocycles. The van der Waals surface area contributed by atoms with E-state index in [0.717, 1.165) is 16.6 Å². The molecule has 1 amide bonds. The summed E-state index contributed by atoms with van der Waals surface area (Å²) in [7, 11) is 0. The van der Waals surface area contributed by atoms with Crippen molar-refractivity contribution in [1.82, 2.24) is 24.9 Å². The van der Waals surface area contributed by atoms with Crippen molar-refractivity contribution < 1.29 is 4.79 Å². The van der Waals surface area contributed by atoms with Gasteiger partial charge >= 0.3 is 0 Å². The van der Waals surface area contributed by atoms with Crippen molar-refractivity contribution >= 4 is 34.2 Å². The molecule has 6 nitrogen and oxygen atoms in total. The largest absolute Gasteiger partial charge is 0.352 e. The fourth-order valence-electron chi connectivity index (χ4n) is 3.62. The molecule has 0 bridgehead atoms. The van der Waals surface area contributed by atoms with E-state index in [-0.39, 0.29) is 5.91 Å². The molecule has 0 spiro atoms. The molecule has 0 saturated heterocycles. The van der Waals surface area contributed by atoms with Gasteiger partial charge in [0.25, 0.3) is 0 Å². The molecule has 2 heterocycles. The summed E-state index contributed by atoms with van der Waals surface area (Å²) in [5.41, 5.74) is 1.67. The number of thioether (sulfide) groups is 1. The lowest BCUT2D eigenvalue weighted by Gasteiger charge is -2.17. The second kappa shape index (κ2) is 6.23. The number of amides is 1. The van der Waals surface area contributed by atoms with Crippen LogP contribution in [0.15, 0.2) is 29.4 Å². The number of hydrogen-bond acceptors (Lipinski definition) is 5. The first-order valence-corrected chi connectivity index (χ1v) is 10.2. The van der Waals surface area contributed by atoms with Gasteiger partial charge < -0.3 is 5.32 Å². The van der Waals surface area contributed by atoms with Crippen molar-refractivity contribution in [2.75, 3.05) is 5.75 Å². The molecular formula is C19H21N5OS. The van der Waals surface area contributed by atoms with Crippen LogP contribution in [0.1, 0.15) is 31.5 Å². The van der Waals surface area contributed by atoms with E-state index in [2.05, 4.69) is 15.4 Å². The van der Waals surface area contributed by atoms with Gasteiger partial charge in [-0.15, -0.1) is 5.10 Å². The van der Waals surface area contributed by atoms with E-state index in [1.807, 2.05) is 31.2 Å². The smallest absolute Gasteiger partial charge is 0.230 e. The zero-order valence-corrected chi connectivity index (χ0v) is 15.5. The zero-order valence-electron chi connectivity index (χ0n) is 14.7. The van der Waals surface area contributed by atoms with Gasteiger partial charge in [-0.2, -0.15) is 4.52 Å². The van der Waals surface area contributed by atoms with Crippen molar-refractivity contribution in [3.8, 4) is 0 Å². The molecular weight excluding hydrogens is 346 g/mol. The highest BCUT2D eigenvalue weighted by Gasteiger charge is 2.42. The van der Waals surface area contributed by atoms with Crippen LogP contribution in [0.2, 0.25) is 0 Å². The molecule has 0 aliphatic heterocycles. The maximum Gasteiger partial charge on any atom is 0.230 e. The molecule has 0 atom stereocenters. The number of carbonyl (C=O) groups excluding carboxylic acids is 1. The summed E-state index contributed by atoms with van der Waals surface area (Å²) in [6.07, 6.45) is 5.05. The van der Waals surface area contributed by atoms with Crippen LogP contribution in [0.5, 0.6) is 0 Å². The Morgan fingerprint density at radius 1 is 1.23 bits per heavy atom. The minimum absolute atomic E-state index is 0.0961. The topological polar surface area (TPSA) is 72.2 Å². The number of hydrogen-bond donors (Lipinski definition) is 1. The van der Waals surface area contributed by atoms with Gasteiger partial charge in [0.15, 0.2) is 10.8 Å². The average molecular weight is 367 g/mol. The van der Waals surface area contributed by atoms with Crippen LogP contribution in [0, 0.1) is 18.8 Å². The molecule has 0 radical (unpaired) electrons. The molecule has 5 rings (SSSR count). The van der Waals surface area contributed by atoms with Crippen LogP contribution >= 0.6 is 11.8 Å². The fraction of sp³-hybridized carbons (Fsp3) is 0.474. The summed E-state index contributed by atoms with van der Waals surface area (Å²) in [6, 6.07) is 8.31. The van der Waals surface area contributed by atoms with Crippen LogP contribution in [0.3, 0.4) is 0 Å². The number of benzene rings is 1. The summed E-state index contributed by atoms with van der Waals surface area (Å²) in [4.78, 5) is 21.7. The number of rotatable bonds is 6. The molecule has 0 unspecified atom stereocenters. The number of aryl methyl sites for hydroxylation is 1. The van der Waals surface area contributed by atoms with Gasteiger partial charge in [0.05, 0.1) is 11.3 Å². The third kappa shape index (κ3) is 3.05. The molecule has 2 aromatic heterocycles. The second-order valence-electron chi connectivity index (χ2n) is 7.36. The predicted octanol–water partition coefficient (Wildman–Crippen LogP) is 2.98. The third-order valence-corrected chi connectivity index (χ3v) is 6.10. The van der Waals surface area contributed by atoms with E-state index in [9.17, 15) is 4.79 Å². The molecule has 3 aromatic rings. The molecule has 1 N–H and O–H groups in total. The van der Waals surface area contributed by atoms with Crippen molar-refractivity contribution in [2.24, 2.45) is 11.8 Å². The van der Waals surface area contributed by atoms with Gasteiger partial charge in [0.2, 0.25) is 5.91 Å². The highest BCUT2D eigenvalue weighted by Crippen LogP contribution is 2.44. The Balaban J connectivity index is 1.37. The van der Waals surface area contributed by atoms with Crippen molar-refractivity contribution in [3.05, 3.63) is 30.1 Å². The van der Waals surface area contributed by atoms with Gasteiger partial charge in [-0.3, -0.25) is 4.79 Å². The molecule has 2 fully saturated rings. The first-order chi connectivity index (χ1) is 12.7. The lowest BCUT2D eigenvalue weighted by atomic mass is 10.1. The van der Waals surface area contributed by atoms with E-state index in [1.165, 1.54) is 37.4 Å². The van der Waals surface area contributed by atoms with Crippen LogP contribution in [0.25, 0.3) is 16.6 Å². The van der Waals surface area contributed by atoms with Crippen molar-refractivity contribution in [3.63, 3.8) is 0 Å². The summed E-state index contributed by atoms with van der Waals surface area (Å²) < 4.78 is 1.76. The number of nitrogens with zero attached hydrogens (tertiary/aromatic N) is 4. The minimum Gasteiger partial charge on any atom is -0.352 e. The number of aromatic nitrogens is 4. The normalized spacial score (nSPS) is 17.3. The van der Waals surface area contributed by atoms with Gasteiger partial charge in [-0.05, 0) is 56.6 Å². The third-order valence-electron chi connectivity index (χ3n) is 5.18. The summed E-state index contributed by atoms with van der Waals surface area (Å²) in [6.45, 7) is 1.87. The highest BCUT2D eigenvalue weighted by atomic mass is 32.2. The fourth-order valence-corrected chi connectivity index (χ4v) is 4.37. The molecule has 7 heteroatoms. The lowest BCUT2D eigenvalue weighted by Crippen LogP contribution is -2.39. The van der Waals surface area contributed by atoms with Crippen LogP contribution in [-0.2, 0) is 4.79 Å². The minimum atomic E-state index is 0.0961. The van der Waals surface area contributed by atoms with Gasteiger partial charge in [0.1, 0.15) is 5.82 Å². The maximum atomic E-state index is 12.5. The maximum absolute atomic E-state index is 12.5. The Morgan fingerprint density at radius 3 is 2.69 bits per heavy atom. The molecule has 134 valence electrons. The Kier molecular flexibility index (Phi) is 3.85. The standard InChI is InChI=1S/C19H21N5OS/c1-11-20-18-14-4-2-3-5-15(14)21-19(24(18)23-11)26-10-16(25)22-17(12-6-7-12)13-8-9-13/h2-5,12-13,17H,6-10H2,1H3,(H,22,25). The Hall–Kier alpha value is -2.15. The number of carbonyl (C=O) groups is 1. The molecule has 2 aliphatic carbocycles. The first kappa shape index (κ1) is 16.1. The summed E-state index contributed by atoms with van der Waals surface area (Å²) in [5.74, 6) is 2.57. The van der Waals surface area contributed by atoms with E-state index in [4.69, 9.17) is 4.98 Å². The average Bonchev–Trinajstić information content (AvgIpc) is 3.55. The van der Waals surface area contributed by atoms with Crippen molar-refractivity contribution in [2.45, 2.75) is 43.8 Å². The summed E-state index contributed by atoms with van der Waals surface area (Å²) in [5, 5.41) is 9.43. The van der Waals surface area contributed by atoms with E-state index >= 15 is 0 Å². The van der Waals surface area contributed by atoms with E-state index < -0.39 is 0 Å². The quantitative estimate of drug-likeness (QED) is 0.536. The van der Waals surface area contributed by atoms with Gasteiger partial charge in [-0.1, -0.05) is 23.9 Å². The number of para-hydroxylation sites is 1. The Bertz CT molecular complexity index is 980. The Labute approximate surface area is 155 Å². The van der Waals surface area contributed by atoms with Crippen LogP contribution in [-0.4, -0.2) is 37.3 Å². The highest BCUT2D eigenvalue weighted by molar-refractivity contribution is 7.99. The van der Waals surface area contributed by atoms with E-state index in [0.29, 0.717) is 34.6 Å². The Morgan fingerprint density at radius 2 is 1.96 bits per heavy atom. The molecule has 26 heavy (non-hydrogen) atoms. The van der Waals surface area contributed by atoms with Crippen LogP contribution in [0.4, 0.5) is 0 Å². The van der Waals surface area contributed by atoms with E-state index in [1.54, 1.807) is 4.52 Å². The first-order valence-electron chi connectivity index (χ1n) is 9.23. The predicted molar refractivity (Wildman–Crippen MR) is 101 cm³/mol. The van der Waals surface area contributed by atoms with Crippen LogP contribution < -0.4 is 5.32 Å². The molecule has 2 saturated carbocycles. The number of fused-ring (bicyclic) bond motifs is 3. The number of nitrogens with one attached hydrogen (secondary N) is 1. The summed E-state index contributed by atoms with van der Waals surface area (Å²) >= 11 is 1.43.